The zero-order valence-corrected chi connectivity index (χ0v) is 14.2. The van der Waals surface area contributed by atoms with Gasteiger partial charge in [-0.05, 0) is 44.0 Å². The van der Waals surface area contributed by atoms with Crippen LogP contribution in [0.3, 0.4) is 0 Å². The number of H-pyrrole nitrogens is 1. The highest BCUT2D eigenvalue weighted by Gasteiger charge is 2.00. The third-order valence-corrected chi connectivity index (χ3v) is 3.09. The number of hydrogen-bond acceptors (Lipinski definition) is 6. The smallest absolute Gasteiger partial charge is 0.223 e. The van der Waals surface area contributed by atoms with Crippen molar-refractivity contribution in [1.82, 2.24) is 20.2 Å². The molecule has 0 spiro atoms. The van der Waals surface area contributed by atoms with Crippen LogP contribution in [-0.4, -0.2) is 26.5 Å². The van der Waals surface area contributed by atoms with Gasteiger partial charge in [0.05, 0.1) is 11.8 Å². The Labute approximate surface area is 141 Å². The molecule has 0 amide bonds. The first-order chi connectivity index (χ1) is 10.6. The largest absolute Gasteiger partial charge is 0.298 e. The monoisotopic (exact) mass is 432 g/mol. The molecule has 7 nitrogen and oxygen atoms in total. The number of aromatic amines is 1. The molecule has 0 aromatic carbocycles. The number of fused-ring (bicyclic) bond motifs is 1. The van der Waals surface area contributed by atoms with Gasteiger partial charge in [0.1, 0.15) is 0 Å². The van der Waals surface area contributed by atoms with Crippen molar-refractivity contribution >= 4 is 49.2 Å². The van der Waals surface area contributed by atoms with E-state index < -0.39 is 5.95 Å². The van der Waals surface area contributed by atoms with Gasteiger partial charge in [-0.25, -0.2) is 9.97 Å². The molecule has 0 radical (unpaired) electrons. The van der Waals surface area contributed by atoms with Crippen LogP contribution in [0, 0.1) is 5.95 Å². The zero-order valence-electron chi connectivity index (χ0n) is 11.0. The molecular weight excluding hydrogens is 423 g/mol. The summed E-state index contributed by atoms with van der Waals surface area (Å²) in [5.74, 6) is 7.26. The van der Waals surface area contributed by atoms with Gasteiger partial charge in [0.15, 0.2) is 11.9 Å². The van der Waals surface area contributed by atoms with E-state index in [1.54, 1.807) is 12.4 Å². The van der Waals surface area contributed by atoms with Crippen molar-refractivity contribution in [2.75, 3.05) is 0 Å². The topological polar surface area (TPSA) is 124 Å². The van der Waals surface area contributed by atoms with E-state index >= 15 is 0 Å². The second-order valence-corrected chi connectivity index (χ2v) is 5.44. The zero-order chi connectivity index (χ0) is 16.5. The lowest BCUT2D eigenvalue weighted by Crippen LogP contribution is -2.02. The highest BCUT2D eigenvalue weighted by Crippen LogP contribution is 2.13. The summed E-state index contributed by atoms with van der Waals surface area (Å²) < 4.78 is 14.0. The summed E-state index contributed by atoms with van der Waals surface area (Å²) in [6, 6.07) is 3.33. The van der Waals surface area contributed by atoms with Gasteiger partial charge in [-0.15, -0.1) is 0 Å². The van der Waals surface area contributed by atoms with Crippen molar-refractivity contribution in [1.29, 1.82) is 0 Å². The van der Waals surface area contributed by atoms with E-state index in [2.05, 4.69) is 63.7 Å². The number of pyridine rings is 2. The molecule has 0 aliphatic rings. The molecule has 3 aromatic heterocycles. The normalized spacial score (nSPS) is 9.32. The van der Waals surface area contributed by atoms with Gasteiger partial charge in [-0.1, -0.05) is 0 Å². The minimum atomic E-state index is -0.738. The third-order valence-electron chi connectivity index (χ3n) is 2.22. The van der Waals surface area contributed by atoms with Crippen LogP contribution < -0.4 is 11.7 Å². The third kappa shape index (κ3) is 5.22. The molecule has 0 aliphatic carbocycles. The second kappa shape index (κ2) is 9.30. The highest BCUT2D eigenvalue weighted by atomic mass is 79.9. The van der Waals surface area contributed by atoms with Crippen molar-refractivity contribution in [3.8, 4) is 0 Å². The minimum Gasteiger partial charge on any atom is -0.298 e. The molecule has 5 N–H and O–H groups in total. The van der Waals surface area contributed by atoms with E-state index in [4.69, 9.17) is 0 Å². The maximum Gasteiger partial charge on any atom is 0.223 e. The van der Waals surface area contributed by atoms with Gasteiger partial charge in [0.25, 0.3) is 0 Å². The quantitative estimate of drug-likeness (QED) is 0.234. The van der Waals surface area contributed by atoms with Crippen LogP contribution in [0.1, 0.15) is 10.4 Å². The van der Waals surface area contributed by atoms with Crippen LogP contribution in [0.4, 0.5) is 4.39 Å². The predicted octanol–water partition coefficient (Wildman–Crippen LogP) is 2.33. The minimum absolute atomic E-state index is 0.0330. The van der Waals surface area contributed by atoms with E-state index in [0.717, 1.165) is 15.5 Å². The average molecular weight is 434 g/mol. The molecular formula is C12H11Br2FN6O. The van der Waals surface area contributed by atoms with E-state index in [1.165, 1.54) is 12.3 Å². The SMILES string of the molecule is Brc1cnc2[nH]ncc2c1.NN.O=Cc1cc(Br)cnc1F. The second-order valence-electron chi connectivity index (χ2n) is 3.61. The molecule has 3 rings (SSSR count). The van der Waals surface area contributed by atoms with Gasteiger partial charge < -0.3 is 0 Å². The number of halogens is 3. The Morgan fingerprint density at radius 3 is 2.36 bits per heavy atom. The summed E-state index contributed by atoms with van der Waals surface area (Å²) in [6.45, 7) is 0. The Bertz CT molecular complexity index is 751. The molecule has 0 fully saturated rings. The summed E-state index contributed by atoms with van der Waals surface area (Å²) in [4.78, 5) is 17.5. The van der Waals surface area contributed by atoms with Crippen molar-refractivity contribution in [3.05, 3.63) is 51.2 Å². The number of rotatable bonds is 1. The lowest BCUT2D eigenvalue weighted by Gasteiger charge is -1.91. The number of aromatic nitrogens is 4. The number of hydrogen-bond donors (Lipinski definition) is 3. The lowest BCUT2D eigenvalue weighted by molar-refractivity contribution is 0.111. The van der Waals surface area contributed by atoms with Gasteiger partial charge in [0.2, 0.25) is 5.95 Å². The van der Waals surface area contributed by atoms with Crippen LogP contribution in [0.15, 0.2) is 39.7 Å². The van der Waals surface area contributed by atoms with Crippen molar-refractivity contribution in [2.24, 2.45) is 11.7 Å². The number of carbonyl (C=O) groups excluding carboxylic acids is 1. The number of carbonyl (C=O) groups is 1. The Balaban J connectivity index is 0.000000198. The van der Waals surface area contributed by atoms with Gasteiger partial charge in [0, 0.05) is 26.7 Å². The fraction of sp³-hybridized carbons (Fsp3) is 0. The summed E-state index contributed by atoms with van der Waals surface area (Å²) >= 11 is 6.36. The number of hydrazine groups is 1. The van der Waals surface area contributed by atoms with E-state index in [-0.39, 0.29) is 5.56 Å². The molecule has 0 saturated heterocycles. The fourth-order valence-electron chi connectivity index (χ4n) is 1.33. The van der Waals surface area contributed by atoms with Gasteiger partial charge in [-0.2, -0.15) is 9.49 Å². The van der Waals surface area contributed by atoms with Crippen molar-refractivity contribution in [2.45, 2.75) is 0 Å². The van der Waals surface area contributed by atoms with Crippen LogP contribution in [0.5, 0.6) is 0 Å². The number of aldehydes is 1. The molecule has 3 aromatic rings. The fourth-order valence-corrected chi connectivity index (χ4v) is 2.03. The number of nitrogens with one attached hydrogen (secondary N) is 1. The summed E-state index contributed by atoms with van der Waals surface area (Å²) in [5, 5.41) is 7.62. The maximum absolute atomic E-state index is 12.4. The Kier molecular flexibility index (Phi) is 7.74. The predicted molar refractivity (Wildman–Crippen MR) is 87.2 cm³/mol. The van der Waals surface area contributed by atoms with Gasteiger partial charge >= 0.3 is 0 Å². The molecule has 0 atom stereocenters. The lowest BCUT2D eigenvalue weighted by atomic mass is 10.3. The number of nitrogens with zero attached hydrogens (tertiary/aromatic N) is 3. The highest BCUT2D eigenvalue weighted by molar-refractivity contribution is 9.10. The molecule has 0 unspecified atom stereocenters. The van der Waals surface area contributed by atoms with Crippen LogP contribution in [0.2, 0.25) is 0 Å². The summed E-state index contributed by atoms with van der Waals surface area (Å²) in [5.41, 5.74) is 0.789. The molecule has 10 heteroatoms. The Hall–Kier alpha value is -1.75. The molecule has 22 heavy (non-hydrogen) atoms. The number of nitrogens with two attached hydrogens (primary N) is 2. The van der Waals surface area contributed by atoms with Crippen molar-refractivity contribution in [3.63, 3.8) is 0 Å². The van der Waals surface area contributed by atoms with E-state index in [9.17, 15) is 9.18 Å². The first-order valence-electron chi connectivity index (χ1n) is 5.64. The standard InChI is InChI=1S/C6H3BrFNO.C6H4BrN3.H4N2/c7-5-1-4(3-10)6(8)9-2-5;7-5-1-4-2-9-10-6(4)8-3-5;1-2/h1-3H;1-3H,(H,8,9,10);1-2H2. The van der Waals surface area contributed by atoms with E-state index in [1.807, 2.05) is 6.07 Å². The maximum atomic E-state index is 12.4. The molecule has 0 bridgehead atoms. The molecule has 3 heterocycles. The van der Waals surface area contributed by atoms with Crippen LogP contribution in [0.25, 0.3) is 11.0 Å². The van der Waals surface area contributed by atoms with Gasteiger partial charge in [-0.3, -0.25) is 21.6 Å². The van der Waals surface area contributed by atoms with E-state index in [0.29, 0.717) is 10.8 Å². The molecule has 116 valence electrons. The average Bonchev–Trinajstić information content (AvgIpc) is 2.99. The Morgan fingerprint density at radius 2 is 1.73 bits per heavy atom. The summed E-state index contributed by atoms with van der Waals surface area (Å²) in [7, 11) is 0. The molecule has 0 saturated carbocycles. The van der Waals surface area contributed by atoms with Crippen molar-refractivity contribution < 1.29 is 9.18 Å². The van der Waals surface area contributed by atoms with Crippen LogP contribution >= 0.6 is 31.9 Å². The molecule has 0 aliphatic heterocycles. The first kappa shape index (κ1) is 18.3. The van der Waals surface area contributed by atoms with Crippen LogP contribution in [-0.2, 0) is 0 Å². The first-order valence-corrected chi connectivity index (χ1v) is 7.23. The summed E-state index contributed by atoms with van der Waals surface area (Å²) in [6.07, 6.45) is 5.20. The Morgan fingerprint density at radius 1 is 1.09 bits per heavy atom.